The van der Waals surface area contributed by atoms with Crippen LogP contribution in [-0.4, -0.2) is 68.5 Å². The van der Waals surface area contributed by atoms with E-state index in [1.807, 2.05) is 104 Å². The summed E-state index contributed by atoms with van der Waals surface area (Å²) in [5.41, 5.74) is 7.79. The van der Waals surface area contributed by atoms with Gasteiger partial charge in [0.25, 0.3) is 0 Å². The minimum absolute atomic E-state index is 0.00123. The minimum atomic E-state index is -0.314. The average Bonchev–Trinajstić information content (AvgIpc) is 3.82. The van der Waals surface area contributed by atoms with Gasteiger partial charge in [-0.25, -0.2) is 9.97 Å². The van der Waals surface area contributed by atoms with Crippen LogP contribution in [0.4, 0.5) is 34.9 Å². The van der Waals surface area contributed by atoms with Gasteiger partial charge in [0.15, 0.2) is 34.0 Å². The normalized spacial score (nSPS) is 12.5. The molecule has 15 heteroatoms. The van der Waals surface area contributed by atoms with E-state index < -0.39 is 0 Å². The van der Waals surface area contributed by atoms with Crippen LogP contribution < -0.4 is 21.3 Å². The first kappa shape index (κ1) is 41.8. The Hall–Kier alpha value is -5.83. The van der Waals surface area contributed by atoms with E-state index in [1.165, 1.54) is 0 Å². The maximum Gasteiger partial charge on any atom is 0.227 e. The molecule has 0 amide bonds. The molecule has 58 heavy (non-hydrogen) atoms. The van der Waals surface area contributed by atoms with Crippen LogP contribution in [0.2, 0.25) is 5.02 Å². The molecule has 4 aromatic heterocycles. The number of nitrogens with one attached hydrogen (secondary N) is 4. The Kier molecular flexibility index (Phi) is 13.4. The van der Waals surface area contributed by atoms with Gasteiger partial charge in [-0.1, -0.05) is 67.9 Å². The number of aliphatic hydroxyl groups excluding tert-OH is 2. The highest BCUT2D eigenvalue weighted by atomic mass is 35.5. The number of imidazole rings is 2. The van der Waals surface area contributed by atoms with Crippen LogP contribution >= 0.6 is 11.6 Å². The maximum atomic E-state index is 9.94. The molecule has 0 aliphatic carbocycles. The van der Waals surface area contributed by atoms with Gasteiger partial charge in [-0.15, -0.1) is 0 Å². The molecule has 3 aromatic carbocycles. The van der Waals surface area contributed by atoms with Gasteiger partial charge in [-0.3, -0.25) is 0 Å². The third-order valence-corrected chi connectivity index (χ3v) is 9.76. The van der Waals surface area contributed by atoms with Crippen LogP contribution in [0.25, 0.3) is 22.3 Å². The zero-order chi connectivity index (χ0) is 41.5. The third kappa shape index (κ3) is 9.99. The van der Waals surface area contributed by atoms with Crippen molar-refractivity contribution in [2.45, 2.75) is 79.6 Å². The fraction of sp³-hybridized carbons (Fsp3) is 0.349. The van der Waals surface area contributed by atoms with E-state index in [-0.39, 0.29) is 43.3 Å². The van der Waals surface area contributed by atoms with Crippen molar-refractivity contribution in [2.75, 3.05) is 34.5 Å². The van der Waals surface area contributed by atoms with Crippen molar-refractivity contribution >= 4 is 68.8 Å². The molecule has 2 atom stereocenters. The van der Waals surface area contributed by atoms with E-state index in [1.54, 1.807) is 12.7 Å². The Morgan fingerprint density at radius 3 is 1.71 bits per heavy atom. The van der Waals surface area contributed by atoms with Gasteiger partial charge < -0.3 is 40.6 Å². The molecular formula is C43H53ClN12O2. The number of anilines is 6. The predicted molar refractivity (Wildman–Crippen MR) is 235 cm³/mol. The van der Waals surface area contributed by atoms with E-state index in [0.717, 1.165) is 39.4 Å². The summed E-state index contributed by atoms with van der Waals surface area (Å²) in [7, 11) is 0. The highest BCUT2D eigenvalue weighted by Gasteiger charge is 2.20. The number of benzene rings is 3. The van der Waals surface area contributed by atoms with Gasteiger partial charge in [0, 0.05) is 28.5 Å². The van der Waals surface area contributed by atoms with Gasteiger partial charge >= 0.3 is 0 Å². The first-order valence-corrected chi connectivity index (χ1v) is 19.9. The molecule has 7 rings (SSSR count). The van der Waals surface area contributed by atoms with Gasteiger partial charge in [0.05, 0.1) is 38.0 Å². The highest BCUT2D eigenvalue weighted by molar-refractivity contribution is 6.31. The fourth-order valence-corrected chi connectivity index (χ4v) is 6.65. The van der Waals surface area contributed by atoms with Crippen molar-refractivity contribution in [1.82, 2.24) is 39.0 Å². The lowest BCUT2D eigenvalue weighted by atomic mass is 10.1. The topological polar surface area (TPSA) is 176 Å². The highest BCUT2D eigenvalue weighted by Crippen LogP contribution is 2.30. The van der Waals surface area contributed by atoms with Crippen molar-refractivity contribution in [3.63, 3.8) is 0 Å². The van der Waals surface area contributed by atoms with Crippen LogP contribution in [0.15, 0.2) is 85.5 Å². The quantitative estimate of drug-likeness (QED) is 0.0616. The van der Waals surface area contributed by atoms with Crippen molar-refractivity contribution in [3.8, 4) is 0 Å². The Labute approximate surface area is 344 Å². The molecule has 0 radical (unpaired) electrons. The largest absolute Gasteiger partial charge is 0.394 e. The summed E-state index contributed by atoms with van der Waals surface area (Å²) < 4.78 is 4.01. The monoisotopic (exact) mass is 804 g/mol. The summed E-state index contributed by atoms with van der Waals surface area (Å²) in [6.45, 7) is 16.4. The first-order chi connectivity index (χ1) is 27.8. The SMILES string of the molecule is Cc1cc(Cl)cc(Nc2nc(NC(CO)C(C)C)nc3c2ncn3C(C)C)c1.Cc1cccc(Nc2nc(N[C@H](CO)c3ccccc3)nc3c2ncn3C(C)C)c1. The molecule has 0 aliphatic rings. The number of hydrogen-bond acceptors (Lipinski definition) is 12. The molecule has 4 heterocycles. The van der Waals surface area contributed by atoms with Crippen LogP contribution in [-0.2, 0) is 0 Å². The molecule has 0 spiro atoms. The number of aliphatic hydroxyl groups is 2. The zero-order valence-electron chi connectivity index (χ0n) is 34.2. The lowest BCUT2D eigenvalue weighted by Gasteiger charge is -2.20. The molecule has 0 bridgehead atoms. The van der Waals surface area contributed by atoms with E-state index in [0.29, 0.717) is 39.6 Å². The summed E-state index contributed by atoms with van der Waals surface area (Å²) in [6, 6.07) is 23.6. The van der Waals surface area contributed by atoms with Gasteiger partial charge in [0.1, 0.15) is 0 Å². The zero-order valence-corrected chi connectivity index (χ0v) is 35.0. The molecule has 14 nitrogen and oxygen atoms in total. The average molecular weight is 805 g/mol. The fourth-order valence-electron chi connectivity index (χ4n) is 6.36. The summed E-state index contributed by atoms with van der Waals surface area (Å²) in [6.07, 6.45) is 3.56. The van der Waals surface area contributed by atoms with Crippen molar-refractivity contribution in [2.24, 2.45) is 5.92 Å². The van der Waals surface area contributed by atoms with Gasteiger partial charge in [-0.05, 0) is 94.5 Å². The molecule has 0 fully saturated rings. The summed E-state index contributed by atoms with van der Waals surface area (Å²) in [5.74, 6) is 2.32. The number of hydrogen-bond donors (Lipinski definition) is 6. The van der Waals surface area contributed by atoms with E-state index in [4.69, 9.17) is 21.6 Å². The van der Waals surface area contributed by atoms with Crippen molar-refractivity contribution in [3.05, 3.63) is 107 Å². The molecule has 0 aliphatic heterocycles. The summed E-state index contributed by atoms with van der Waals surface area (Å²) in [4.78, 5) is 27.8. The lowest BCUT2D eigenvalue weighted by molar-refractivity contribution is 0.248. The molecule has 6 N–H and O–H groups in total. The molecule has 0 saturated heterocycles. The van der Waals surface area contributed by atoms with E-state index in [9.17, 15) is 10.2 Å². The summed E-state index contributed by atoms with van der Waals surface area (Å²) >= 11 is 6.20. The number of fused-ring (bicyclic) bond motifs is 2. The smallest absolute Gasteiger partial charge is 0.227 e. The minimum Gasteiger partial charge on any atom is -0.394 e. The van der Waals surface area contributed by atoms with E-state index in [2.05, 4.69) is 75.0 Å². The molecular weight excluding hydrogens is 752 g/mol. The third-order valence-electron chi connectivity index (χ3n) is 9.54. The van der Waals surface area contributed by atoms with Gasteiger partial charge in [0.2, 0.25) is 11.9 Å². The first-order valence-electron chi connectivity index (χ1n) is 19.5. The molecule has 7 aromatic rings. The Balaban J connectivity index is 0.000000196. The maximum absolute atomic E-state index is 9.94. The van der Waals surface area contributed by atoms with Crippen LogP contribution in [0.3, 0.4) is 0 Å². The Bertz CT molecular complexity index is 2430. The number of aryl methyl sites for hydroxylation is 2. The molecule has 1 unspecified atom stereocenters. The van der Waals surface area contributed by atoms with Crippen LogP contribution in [0.1, 0.15) is 76.4 Å². The van der Waals surface area contributed by atoms with Crippen molar-refractivity contribution < 1.29 is 10.2 Å². The number of nitrogens with zero attached hydrogens (tertiary/aromatic N) is 8. The number of aromatic nitrogens is 8. The van der Waals surface area contributed by atoms with Crippen LogP contribution in [0, 0.1) is 19.8 Å². The standard InChI is InChI=1S/C23H26N6O.C20H27ClN6O/c1-15(2)29-14-24-20-21(25-18-11-7-8-16(3)12-18)27-23(28-22(20)29)26-19(13-30)17-9-5-4-6-10-17;1-11(2)16(9-28)24-20-25-18(23-15-7-13(5)6-14(21)8-15)17-19(26-20)27(10-22-17)12(3)4/h4-12,14-15,19,30H,13H2,1-3H3,(H2,25,26,27,28);6-8,10-12,16,28H,9H2,1-5H3,(H2,23,24,25,26)/t19-;/m1./s1. The van der Waals surface area contributed by atoms with Gasteiger partial charge in [-0.2, -0.15) is 19.9 Å². The van der Waals surface area contributed by atoms with Crippen molar-refractivity contribution in [1.29, 1.82) is 0 Å². The van der Waals surface area contributed by atoms with Crippen LogP contribution in [0.5, 0.6) is 0 Å². The predicted octanol–water partition coefficient (Wildman–Crippen LogP) is 9.15. The second kappa shape index (κ2) is 18.6. The number of rotatable bonds is 14. The summed E-state index contributed by atoms with van der Waals surface area (Å²) in [5, 5.41) is 33.5. The molecule has 304 valence electrons. The lowest BCUT2D eigenvalue weighted by Crippen LogP contribution is -2.30. The Morgan fingerprint density at radius 1 is 0.621 bits per heavy atom. The Morgan fingerprint density at radius 2 is 1.19 bits per heavy atom. The second-order valence-electron chi connectivity index (χ2n) is 15.2. The molecule has 0 saturated carbocycles. The number of halogens is 1. The van der Waals surface area contributed by atoms with E-state index >= 15 is 0 Å². The second-order valence-corrected chi connectivity index (χ2v) is 15.7.